The average Bonchev–Trinajstić information content (AvgIpc) is 3.10. The van der Waals surface area contributed by atoms with E-state index >= 15 is 0 Å². The first-order valence-corrected chi connectivity index (χ1v) is 15.6. The molecule has 1 N–H and O–H groups in total. The third-order valence-electron chi connectivity index (χ3n) is 7.98. The minimum absolute atomic E-state index is 0.243. The van der Waals surface area contributed by atoms with Crippen molar-refractivity contribution in [2.24, 2.45) is 11.8 Å². The normalized spacial score (nSPS) is 21.9. The molecule has 0 saturated carbocycles. The summed E-state index contributed by atoms with van der Waals surface area (Å²) in [5, 5.41) is 10.4. The second-order valence-corrected chi connectivity index (χ2v) is 11.3. The van der Waals surface area contributed by atoms with Crippen LogP contribution < -0.4 is 0 Å². The van der Waals surface area contributed by atoms with Gasteiger partial charge in [0.15, 0.2) is 24.6 Å². The highest BCUT2D eigenvalue weighted by molar-refractivity contribution is 5.89. The largest absolute Gasteiger partial charge is 0.455 e. The van der Waals surface area contributed by atoms with Crippen LogP contribution in [-0.2, 0) is 46.1 Å². The lowest BCUT2D eigenvalue weighted by Gasteiger charge is -2.44. The summed E-state index contributed by atoms with van der Waals surface area (Å²) in [6.45, 7) is 7.01. The van der Waals surface area contributed by atoms with E-state index in [-0.39, 0.29) is 5.56 Å². The molecule has 0 aliphatic carbocycles. The number of carbonyl (C=O) groups excluding carboxylic acids is 3. The summed E-state index contributed by atoms with van der Waals surface area (Å²) < 4.78 is 29.6. The minimum Gasteiger partial charge on any atom is -0.455 e. The van der Waals surface area contributed by atoms with Gasteiger partial charge in [-0.3, -0.25) is 9.59 Å². The Balaban J connectivity index is 1.68. The number of methoxy groups -OCH3 is 1. The van der Waals surface area contributed by atoms with E-state index in [4.69, 9.17) is 23.7 Å². The summed E-state index contributed by atoms with van der Waals surface area (Å²) in [6.07, 6.45) is -1.95. The standard InChI is InChI=1S/C38H42O9/c1-4-15-29(23-26-17-9-6-10-18-26)36(41)45-32-31(25-39)44-38(43-3)34(47-35(40)28-21-13-8-14-22-28)33(32)46-37(42)30(16-5-2)24-27-19-11-7-12-20-27/h4-14,17-22,29-34,38-39H,1-2,15-16,23-25H2,3H3/t29-,30-,31-,32-,33+,34+,38+/m1/s1. The second-order valence-electron chi connectivity index (χ2n) is 11.3. The number of aliphatic hydroxyl groups is 1. The molecule has 1 saturated heterocycles. The molecule has 1 heterocycles. The molecule has 47 heavy (non-hydrogen) atoms. The molecule has 1 aliphatic heterocycles. The number of carbonyl (C=O) groups is 3. The maximum absolute atomic E-state index is 13.9. The Morgan fingerprint density at radius 3 is 1.64 bits per heavy atom. The highest BCUT2D eigenvalue weighted by Crippen LogP contribution is 2.32. The van der Waals surface area contributed by atoms with Gasteiger partial charge < -0.3 is 28.8 Å². The molecule has 0 bridgehead atoms. The van der Waals surface area contributed by atoms with E-state index in [0.717, 1.165) is 11.1 Å². The van der Waals surface area contributed by atoms with Gasteiger partial charge in [-0.2, -0.15) is 0 Å². The average molecular weight is 643 g/mol. The van der Waals surface area contributed by atoms with Gasteiger partial charge in [0.05, 0.1) is 24.0 Å². The molecule has 9 heteroatoms. The van der Waals surface area contributed by atoms with Crippen LogP contribution >= 0.6 is 0 Å². The number of aliphatic hydroxyl groups excluding tert-OH is 1. The summed E-state index contributed by atoms with van der Waals surface area (Å²) in [5.74, 6) is -3.25. The third kappa shape index (κ3) is 9.71. The molecule has 3 aromatic carbocycles. The molecule has 0 unspecified atom stereocenters. The Kier molecular flexibility index (Phi) is 13.5. The van der Waals surface area contributed by atoms with Gasteiger partial charge in [-0.25, -0.2) is 4.79 Å². The molecule has 248 valence electrons. The number of benzene rings is 3. The number of hydrogen-bond donors (Lipinski definition) is 1. The summed E-state index contributed by atoms with van der Waals surface area (Å²) in [4.78, 5) is 41.0. The smallest absolute Gasteiger partial charge is 0.338 e. The predicted octanol–water partition coefficient (Wildman–Crippen LogP) is 5.27. The molecule has 9 nitrogen and oxygen atoms in total. The summed E-state index contributed by atoms with van der Waals surface area (Å²) in [6, 6.07) is 27.2. The first-order valence-electron chi connectivity index (χ1n) is 15.6. The maximum Gasteiger partial charge on any atom is 0.338 e. The van der Waals surface area contributed by atoms with E-state index in [0.29, 0.717) is 25.7 Å². The fourth-order valence-electron chi connectivity index (χ4n) is 5.57. The number of ether oxygens (including phenoxy) is 5. The topological polar surface area (TPSA) is 118 Å². The Hall–Kier alpha value is -4.57. The fraction of sp³-hybridized carbons (Fsp3) is 0.342. The first kappa shape index (κ1) is 35.3. The molecule has 4 rings (SSSR count). The fourth-order valence-corrected chi connectivity index (χ4v) is 5.57. The molecule has 0 radical (unpaired) electrons. The van der Waals surface area contributed by atoms with Crippen LogP contribution in [0.4, 0.5) is 0 Å². The number of allylic oxidation sites excluding steroid dienone is 2. The van der Waals surface area contributed by atoms with Crippen molar-refractivity contribution in [1.82, 2.24) is 0 Å². The van der Waals surface area contributed by atoms with Crippen LogP contribution in [0.3, 0.4) is 0 Å². The third-order valence-corrected chi connectivity index (χ3v) is 7.98. The van der Waals surface area contributed by atoms with E-state index in [1.807, 2.05) is 60.7 Å². The Morgan fingerprint density at radius 2 is 1.19 bits per heavy atom. The summed E-state index contributed by atoms with van der Waals surface area (Å²) in [5.41, 5.74) is 2.07. The van der Waals surface area contributed by atoms with Crippen LogP contribution in [0.25, 0.3) is 0 Å². The zero-order valence-corrected chi connectivity index (χ0v) is 26.5. The van der Waals surface area contributed by atoms with Crippen LogP contribution in [0.5, 0.6) is 0 Å². The van der Waals surface area contributed by atoms with Gasteiger partial charge in [-0.1, -0.05) is 91.0 Å². The molecule has 1 fully saturated rings. The van der Waals surface area contributed by atoms with Gasteiger partial charge in [-0.05, 0) is 48.9 Å². The molecular formula is C38H42O9. The zero-order valence-electron chi connectivity index (χ0n) is 26.5. The monoisotopic (exact) mass is 642 g/mol. The molecule has 3 aromatic rings. The second kappa shape index (κ2) is 17.9. The number of rotatable bonds is 16. The van der Waals surface area contributed by atoms with E-state index in [9.17, 15) is 19.5 Å². The van der Waals surface area contributed by atoms with Crippen molar-refractivity contribution in [2.45, 2.75) is 56.4 Å². The van der Waals surface area contributed by atoms with Crippen molar-refractivity contribution in [1.29, 1.82) is 0 Å². The van der Waals surface area contributed by atoms with E-state index in [2.05, 4.69) is 13.2 Å². The SMILES string of the molecule is C=CC[C@H](Cc1ccccc1)C(=O)O[C@@H]1[C@H](OC(=O)c2ccccc2)[C@@H](OC)O[C@H](CO)[C@H]1OC(=O)[C@H](CC=C)Cc1ccccc1. The van der Waals surface area contributed by atoms with Gasteiger partial charge in [0, 0.05) is 7.11 Å². The Labute approximate surface area is 275 Å². The lowest BCUT2D eigenvalue weighted by atomic mass is 9.94. The van der Waals surface area contributed by atoms with Crippen molar-refractivity contribution in [2.75, 3.05) is 13.7 Å². The Bertz CT molecular complexity index is 1440. The van der Waals surface area contributed by atoms with Gasteiger partial charge >= 0.3 is 17.9 Å². The van der Waals surface area contributed by atoms with Gasteiger partial charge in [0.25, 0.3) is 0 Å². The molecule has 1 aliphatic rings. The quantitative estimate of drug-likeness (QED) is 0.127. The molecule has 0 aromatic heterocycles. The van der Waals surface area contributed by atoms with Crippen LogP contribution in [-0.4, -0.2) is 67.4 Å². The van der Waals surface area contributed by atoms with Crippen molar-refractivity contribution < 1.29 is 43.2 Å². The summed E-state index contributed by atoms with van der Waals surface area (Å²) in [7, 11) is 1.34. The van der Waals surface area contributed by atoms with Gasteiger partial charge in [0.2, 0.25) is 0 Å². The molecule has 0 spiro atoms. The van der Waals surface area contributed by atoms with E-state index in [1.54, 1.807) is 42.5 Å². The zero-order chi connectivity index (χ0) is 33.6. The van der Waals surface area contributed by atoms with Crippen molar-refractivity contribution in [3.8, 4) is 0 Å². The highest BCUT2D eigenvalue weighted by Gasteiger charge is 2.53. The molecule has 0 amide bonds. The minimum atomic E-state index is -1.39. The van der Waals surface area contributed by atoms with Crippen molar-refractivity contribution >= 4 is 17.9 Å². The molecule has 7 atom stereocenters. The van der Waals surface area contributed by atoms with Crippen LogP contribution in [0, 0.1) is 11.8 Å². The first-order chi connectivity index (χ1) is 22.9. The van der Waals surface area contributed by atoms with Crippen LogP contribution in [0.1, 0.15) is 34.3 Å². The highest BCUT2D eigenvalue weighted by atomic mass is 16.7. The van der Waals surface area contributed by atoms with E-state index < -0.39 is 67.1 Å². The van der Waals surface area contributed by atoms with Gasteiger partial charge in [0.1, 0.15) is 6.10 Å². The molecular weight excluding hydrogens is 600 g/mol. The van der Waals surface area contributed by atoms with Gasteiger partial charge in [-0.15, -0.1) is 13.2 Å². The maximum atomic E-state index is 13.9. The van der Waals surface area contributed by atoms with E-state index in [1.165, 1.54) is 7.11 Å². The van der Waals surface area contributed by atoms with Crippen LogP contribution in [0.15, 0.2) is 116 Å². The van der Waals surface area contributed by atoms with Crippen molar-refractivity contribution in [3.05, 3.63) is 133 Å². The number of esters is 3. The lowest BCUT2D eigenvalue weighted by molar-refractivity contribution is -0.300. The predicted molar refractivity (Wildman–Crippen MR) is 175 cm³/mol. The lowest BCUT2D eigenvalue weighted by Crippen LogP contribution is -2.63. The summed E-state index contributed by atoms with van der Waals surface area (Å²) >= 11 is 0. The Morgan fingerprint density at radius 1 is 0.723 bits per heavy atom. The number of hydrogen-bond acceptors (Lipinski definition) is 9. The van der Waals surface area contributed by atoms with Crippen molar-refractivity contribution in [3.63, 3.8) is 0 Å². The van der Waals surface area contributed by atoms with Crippen LogP contribution in [0.2, 0.25) is 0 Å².